The van der Waals surface area contributed by atoms with Gasteiger partial charge in [0, 0.05) is 12.0 Å². The molecule has 3 heterocycles. The molecule has 1 aliphatic heterocycles. The van der Waals surface area contributed by atoms with Gasteiger partial charge < -0.3 is 14.8 Å². The highest BCUT2D eigenvalue weighted by atomic mass is 32.1. The SMILES string of the molecule is O=C(CN1CCC(CO)CC1)Nc1nc(-c2ccco2)cs1. The Bertz CT molecular complexity index is 603. The first-order valence-corrected chi connectivity index (χ1v) is 8.25. The minimum atomic E-state index is -0.0530. The number of nitrogens with zero attached hydrogens (tertiary/aromatic N) is 2. The second kappa shape index (κ2) is 7.04. The first-order chi connectivity index (χ1) is 10.7. The third-order valence-electron chi connectivity index (χ3n) is 3.86. The zero-order valence-electron chi connectivity index (χ0n) is 12.2. The zero-order valence-corrected chi connectivity index (χ0v) is 13.0. The number of furan rings is 1. The number of thiazole rings is 1. The number of likely N-dealkylation sites (tertiary alicyclic amines) is 1. The summed E-state index contributed by atoms with van der Waals surface area (Å²) >= 11 is 1.39. The van der Waals surface area contributed by atoms with Crippen molar-refractivity contribution >= 4 is 22.4 Å². The van der Waals surface area contributed by atoms with E-state index in [0.717, 1.165) is 31.6 Å². The van der Waals surface area contributed by atoms with E-state index >= 15 is 0 Å². The Labute approximate surface area is 132 Å². The van der Waals surface area contributed by atoms with E-state index in [0.29, 0.717) is 23.4 Å². The normalized spacial score (nSPS) is 16.8. The van der Waals surface area contributed by atoms with Crippen molar-refractivity contribution in [3.63, 3.8) is 0 Å². The maximum absolute atomic E-state index is 12.1. The number of carbonyl (C=O) groups is 1. The fraction of sp³-hybridized carbons (Fsp3) is 0.467. The van der Waals surface area contributed by atoms with Crippen LogP contribution in [0.2, 0.25) is 0 Å². The molecule has 0 bridgehead atoms. The molecule has 0 spiro atoms. The summed E-state index contributed by atoms with van der Waals surface area (Å²) < 4.78 is 5.28. The predicted octanol–water partition coefficient (Wildman–Crippen LogP) is 2.05. The van der Waals surface area contributed by atoms with Gasteiger partial charge in [-0.2, -0.15) is 0 Å². The highest BCUT2D eigenvalue weighted by Gasteiger charge is 2.20. The zero-order chi connectivity index (χ0) is 15.4. The number of aliphatic hydroxyl groups is 1. The van der Waals surface area contributed by atoms with Crippen molar-refractivity contribution in [1.82, 2.24) is 9.88 Å². The third-order valence-corrected chi connectivity index (χ3v) is 4.61. The molecule has 0 atom stereocenters. The Balaban J connectivity index is 1.50. The number of nitrogens with one attached hydrogen (secondary N) is 1. The smallest absolute Gasteiger partial charge is 0.240 e. The lowest BCUT2D eigenvalue weighted by atomic mass is 9.98. The van der Waals surface area contributed by atoms with Crippen molar-refractivity contribution in [1.29, 1.82) is 0 Å². The molecule has 2 aromatic rings. The molecule has 0 radical (unpaired) electrons. The Kier molecular flexibility index (Phi) is 4.87. The van der Waals surface area contributed by atoms with Gasteiger partial charge in [0.1, 0.15) is 5.69 Å². The van der Waals surface area contributed by atoms with Crippen LogP contribution in [0.4, 0.5) is 5.13 Å². The minimum absolute atomic E-state index is 0.0530. The molecular formula is C15H19N3O3S. The Morgan fingerprint density at radius 1 is 1.50 bits per heavy atom. The third kappa shape index (κ3) is 3.73. The maximum atomic E-state index is 12.1. The molecule has 1 aliphatic rings. The van der Waals surface area contributed by atoms with Crippen LogP contribution < -0.4 is 5.32 Å². The van der Waals surface area contributed by atoms with Gasteiger partial charge in [0.2, 0.25) is 5.91 Å². The molecule has 0 aliphatic carbocycles. The van der Waals surface area contributed by atoms with Gasteiger partial charge in [0.15, 0.2) is 10.9 Å². The number of amides is 1. The van der Waals surface area contributed by atoms with Crippen LogP contribution in [0.5, 0.6) is 0 Å². The molecule has 1 saturated heterocycles. The average Bonchev–Trinajstić information content (AvgIpc) is 3.19. The lowest BCUT2D eigenvalue weighted by Gasteiger charge is -2.30. The van der Waals surface area contributed by atoms with Crippen LogP contribution >= 0.6 is 11.3 Å². The molecular weight excluding hydrogens is 302 g/mol. The van der Waals surface area contributed by atoms with Gasteiger partial charge in [-0.05, 0) is 44.0 Å². The van der Waals surface area contributed by atoms with Crippen LogP contribution in [0.15, 0.2) is 28.2 Å². The predicted molar refractivity (Wildman–Crippen MR) is 84.7 cm³/mol. The lowest BCUT2D eigenvalue weighted by molar-refractivity contribution is -0.117. The average molecular weight is 321 g/mol. The molecule has 22 heavy (non-hydrogen) atoms. The van der Waals surface area contributed by atoms with E-state index in [9.17, 15) is 4.79 Å². The summed E-state index contributed by atoms with van der Waals surface area (Å²) in [7, 11) is 0. The molecule has 7 heteroatoms. The van der Waals surface area contributed by atoms with Gasteiger partial charge >= 0.3 is 0 Å². The molecule has 1 fully saturated rings. The van der Waals surface area contributed by atoms with Crippen LogP contribution in [0, 0.1) is 5.92 Å². The number of rotatable bonds is 5. The summed E-state index contributed by atoms with van der Waals surface area (Å²) in [6.07, 6.45) is 3.50. The number of aliphatic hydroxyl groups excluding tert-OH is 1. The van der Waals surface area contributed by atoms with Gasteiger partial charge in [-0.3, -0.25) is 9.69 Å². The van der Waals surface area contributed by atoms with Crippen LogP contribution in [-0.2, 0) is 4.79 Å². The number of carbonyl (C=O) groups excluding carboxylic acids is 1. The molecule has 0 unspecified atom stereocenters. The summed E-state index contributed by atoms with van der Waals surface area (Å²) in [5, 5.41) is 14.4. The highest BCUT2D eigenvalue weighted by Crippen LogP contribution is 2.25. The summed E-state index contributed by atoms with van der Waals surface area (Å²) in [6.45, 7) is 2.32. The monoisotopic (exact) mass is 321 g/mol. The summed E-state index contributed by atoms with van der Waals surface area (Å²) in [4.78, 5) is 18.5. The van der Waals surface area contributed by atoms with Crippen molar-refractivity contribution in [3.05, 3.63) is 23.8 Å². The van der Waals surface area contributed by atoms with Gasteiger partial charge in [-0.15, -0.1) is 11.3 Å². The Morgan fingerprint density at radius 2 is 2.32 bits per heavy atom. The molecule has 0 saturated carbocycles. The maximum Gasteiger partial charge on any atom is 0.240 e. The molecule has 118 valence electrons. The van der Waals surface area contributed by atoms with Crippen molar-refractivity contribution in [3.8, 4) is 11.5 Å². The van der Waals surface area contributed by atoms with Crippen molar-refractivity contribution < 1.29 is 14.3 Å². The van der Waals surface area contributed by atoms with Crippen LogP contribution in [-0.4, -0.2) is 47.1 Å². The van der Waals surface area contributed by atoms with E-state index in [4.69, 9.17) is 9.52 Å². The van der Waals surface area contributed by atoms with Gasteiger partial charge in [0.05, 0.1) is 12.8 Å². The summed E-state index contributed by atoms with van der Waals surface area (Å²) in [5.41, 5.74) is 0.731. The van der Waals surface area contributed by atoms with E-state index < -0.39 is 0 Å². The van der Waals surface area contributed by atoms with Crippen molar-refractivity contribution in [2.45, 2.75) is 12.8 Å². The molecule has 6 nitrogen and oxygen atoms in total. The first-order valence-electron chi connectivity index (χ1n) is 7.37. The van der Waals surface area contributed by atoms with E-state index in [1.165, 1.54) is 11.3 Å². The second-order valence-corrected chi connectivity index (χ2v) is 6.32. The second-order valence-electron chi connectivity index (χ2n) is 5.47. The fourth-order valence-corrected chi connectivity index (χ4v) is 3.27. The standard InChI is InChI=1S/C15H19N3O3S/c19-9-11-3-5-18(6-4-11)8-14(20)17-15-16-12(10-22-15)13-2-1-7-21-13/h1-2,7,10-11,19H,3-6,8-9H2,(H,16,17,20). The summed E-state index contributed by atoms with van der Waals surface area (Å²) in [5.74, 6) is 1.03. The van der Waals surface area contributed by atoms with E-state index in [1.54, 1.807) is 6.26 Å². The van der Waals surface area contributed by atoms with Gasteiger partial charge in [-0.1, -0.05) is 0 Å². The number of hydrogen-bond acceptors (Lipinski definition) is 6. The topological polar surface area (TPSA) is 78.6 Å². The van der Waals surface area contributed by atoms with E-state index in [2.05, 4.69) is 15.2 Å². The number of anilines is 1. The van der Waals surface area contributed by atoms with Crippen LogP contribution in [0.25, 0.3) is 11.5 Å². The molecule has 2 aromatic heterocycles. The summed E-state index contributed by atoms with van der Waals surface area (Å²) in [6, 6.07) is 3.65. The highest BCUT2D eigenvalue weighted by molar-refractivity contribution is 7.14. The number of piperidine rings is 1. The van der Waals surface area contributed by atoms with E-state index in [-0.39, 0.29) is 12.5 Å². The quantitative estimate of drug-likeness (QED) is 0.881. The van der Waals surface area contributed by atoms with Gasteiger partial charge in [0.25, 0.3) is 0 Å². The lowest BCUT2D eigenvalue weighted by Crippen LogP contribution is -2.39. The minimum Gasteiger partial charge on any atom is -0.463 e. The van der Waals surface area contributed by atoms with Crippen LogP contribution in [0.3, 0.4) is 0 Å². The Morgan fingerprint density at radius 3 is 3.00 bits per heavy atom. The number of aromatic nitrogens is 1. The number of hydrogen-bond donors (Lipinski definition) is 2. The molecule has 3 rings (SSSR count). The van der Waals surface area contributed by atoms with Crippen molar-refractivity contribution in [2.24, 2.45) is 5.92 Å². The van der Waals surface area contributed by atoms with E-state index in [1.807, 2.05) is 17.5 Å². The molecule has 2 N–H and O–H groups in total. The first kappa shape index (κ1) is 15.2. The fourth-order valence-electron chi connectivity index (χ4n) is 2.56. The van der Waals surface area contributed by atoms with Crippen molar-refractivity contribution in [2.75, 3.05) is 31.6 Å². The molecule has 0 aromatic carbocycles. The largest absolute Gasteiger partial charge is 0.463 e. The van der Waals surface area contributed by atoms with Gasteiger partial charge in [-0.25, -0.2) is 4.98 Å². The van der Waals surface area contributed by atoms with Crippen LogP contribution in [0.1, 0.15) is 12.8 Å². The molecule has 1 amide bonds. The Hall–Kier alpha value is -1.70.